The first-order valence-corrected chi connectivity index (χ1v) is 10.4. The average Bonchev–Trinajstić information content (AvgIpc) is 2.67. The van der Waals surface area contributed by atoms with E-state index in [4.69, 9.17) is 14.2 Å². The first-order valence-electron chi connectivity index (χ1n) is 8.15. The molecule has 10 heteroatoms. The topological polar surface area (TPSA) is 103 Å². The Kier molecular flexibility index (Phi) is 7.67. The second kappa shape index (κ2) is 9.76. The summed E-state index contributed by atoms with van der Waals surface area (Å²) in [6.45, 7) is -0.0470. The van der Waals surface area contributed by atoms with Gasteiger partial charge in [-0.25, -0.2) is 13.1 Å². The quantitative estimate of drug-likeness (QED) is 0.581. The van der Waals surface area contributed by atoms with E-state index in [1.54, 1.807) is 24.3 Å². The normalized spacial score (nSPS) is 11.0. The number of rotatable bonds is 9. The van der Waals surface area contributed by atoms with Crippen LogP contribution in [-0.4, -0.2) is 42.2 Å². The van der Waals surface area contributed by atoms with Crippen molar-refractivity contribution < 1.29 is 27.4 Å². The molecule has 152 valence electrons. The first kappa shape index (κ1) is 22.0. The Morgan fingerprint density at radius 3 is 2.07 bits per heavy atom. The highest BCUT2D eigenvalue weighted by Gasteiger charge is 2.16. The standard InChI is InChI=1S/C18H21BrN2O6S/c1-25-15-10-13(11-16(26-2)18(15)27-3)21-17(22)8-9-20-28(23,24)14-6-4-12(19)5-7-14/h4-7,10-11,20H,8-9H2,1-3H3,(H,21,22). The Morgan fingerprint density at radius 1 is 1.00 bits per heavy atom. The van der Waals surface area contributed by atoms with Gasteiger partial charge in [0, 0.05) is 35.3 Å². The Bertz CT molecular complexity index is 907. The Balaban J connectivity index is 1.98. The number of carbonyl (C=O) groups is 1. The Hall–Kier alpha value is -2.30. The number of anilines is 1. The van der Waals surface area contributed by atoms with Crippen molar-refractivity contribution in [2.45, 2.75) is 11.3 Å². The number of ether oxygens (including phenoxy) is 3. The summed E-state index contributed by atoms with van der Waals surface area (Å²) in [7, 11) is 0.743. The van der Waals surface area contributed by atoms with Gasteiger partial charge in [-0.3, -0.25) is 4.79 Å². The molecule has 0 aliphatic rings. The van der Waals surface area contributed by atoms with Crippen molar-refractivity contribution >= 4 is 37.5 Å². The van der Waals surface area contributed by atoms with Gasteiger partial charge in [0.1, 0.15) is 0 Å². The maximum absolute atomic E-state index is 12.2. The van der Waals surface area contributed by atoms with Crippen LogP contribution in [0.4, 0.5) is 5.69 Å². The first-order chi connectivity index (χ1) is 13.3. The second-order valence-electron chi connectivity index (χ2n) is 5.56. The number of amides is 1. The molecule has 0 aromatic heterocycles. The van der Waals surface area contributed by atoms with Gasteiger partial charge < -0.3 is 19.5 Å². The fourth-order valence-electron chi connectivity index (χ4n) is 2.37. The minimum Gasteiger partial charge on any atom is -0.493 e. The third kappa shape index (κ3) is 5.60. The van der Waals surface area contributed by atoms with Crippen LogP contribution in [0.1, 0.15) is 6.42 Å². The Labute approximate surface area is 172 Å². The van der Waals surface area contributed by atoms with E-state index in [2.05, 4.69) is 26.0 Å². The maximum atomic E-state index is 12.2. The van der Waals surface area contributed by atoms with Crippen LogP contribution in [0.2, 0.25) is 0 Å². The van der Waals surface area contributed by atoms with Crippen molar-refractivity contribution in [1.29, 1.82) is 0 Å². The van der Waals surface area contributed by atoms with Gasteiger partial charge >= 0.3 is 0 Å². The zero-order valence-corrected chi connectivity index (χ0v) is 18.0. The number of carbonyl (C=O) groups excluding carboxylic acids is 1. The molecule has 0 aliphatic heterocycles. The molecule has 0 fully saturated rings. The number of benzene rings is 2. The Morgan fingerprint density at radius 2 is 1.57 bits per heavy atom. The van der Waals surface area contributed by atoms with Crippen molar-refractivity contribution in [2.75, 3.05) is 33.2 Å². The highest BCUT2D eigenvalue weighted by atomic mass is 79.9. The lowest BCUT2D eigenvalue weighted by Gasteiger charge is -2.14. The minimum atomic E-state index is -3.68. The van der Waals surface area contributed by atoms with Crippen LogP contribution in [0.25, 0.3) is 0 Å². The van der Waals surface area contributed by atoms with Gasteiger partial charge in [0.2, 0.25) is 21.7 Å². The van der Waals surface area contributed by atoms with Gasteiger partial charge in [-0.15, -0.1) is 0 Å². The number of halogens is 1. The molecule has 28 heavy (non-hydrogen) atoms. The SMILES string of the molecule is COc1cc(NC(=O)CCNS(=O)(=O)c2ccc(Br)cc2)cc(OC)c1OC. The smallest absolute Gasteiger partial charge is 0.240 e. The van der Waals surface area contributed by atoms with Gasteiger partial charge in [-0.05, 0) is 24.3 Å². The zero-order valence-electron chi connectivity index (χ0n) is 15.6. The van der Waals surface area contributed by atoms with Crippen molar-refractivity contribution in [3.63, 3.8) is 0 Å². The van der Waals surface area contributed by atoms with Gasteiger partial charge in [0.05, 0.1) is 26.2 Å². The van der Waals surface area contributed by atoms with Crippen molar-refractivity contribution in [1.82, 2.24) is 4.72 Å². The number of methoxy groups -OCH3 is 3. The summed E-state index contributed by atoms with van der Waals surface area (Å²) in [6, 6.07) is 9.39. The van der Waals surface area contributed by atoms with Crippen LogP contribution in [-0.2, 0) is 14.8 Å². The van der Waals surface area contributed by atoms with Gasteiger partial charge in [-0.1, -0.05) is 15.9 Å². The lowest BCUT2D eigenvalue weighted by molar-refractivity contribution is -0.116. The molecule has 0 atom stereocenters. The molecule has 2 aromatic rings. The highest BCUT2D eigenvalue weighted by molar-refractivity contribution is 9.10. The van der Waals surface area contributed by atoms with Crippen molar-refractivity contribution in [2.24, 2.45) is 0 Å². The molecule has 0 radical (unpaired) electrons. The number of nitrogens with one attached hydrogen (secondary N) is 2. The largest absolute Gasteiger partial charge is 0.493 e. The number of sulfonamides is 1. The molecular weight excluding hydrogens is 452 g/mol. The summed E-state index contributed by atoms with van der Waals surface area (Å²) in [5, 5.41) is 2.68. The average molecular weight is 473 g/mol. The van der Waals surface area contributed by atoms with E-state index in [0.29, 0.717) is 22.9 Å². The summed E-state index contributed by atoms with van der Waals surface area (Å²) in [6.07, 6.45) is -0.0492. The van der Waals surface area contributed by atoms with E-state index in [9.17, 15) is 13.2 Å². The van der Waals surface area contributed by atoms with Crippen LogP contribution in [0.15, 0.2) is 45.8 Å². The second-order valence-corrected chi connectivity index (χ2v) is 8.25. The fraction of sp³-hybridized carbons (Fsp3) is 0.278. The highest BCUT2D eigenvalue weighted by Crippen LogP contribution is 2.39. The molecule has 2 N–H and O–H groups in total. The molecule has 0 saturated heterocycles. The molecule has 0 unspecified atom stereocenters. The third-order valence-corrected chi connectivity index (χ3v) is 5.72. The van der Waals surface area contributed by atoms with Gasteiger partial charge in [0.25, 0.3) is 0 Å². The van der Waals surface area contributed by atoms with E-state index in [1.165, 1.54) is 33.5 Å². The molecule has 2 rings (SSSR count). The molecular formula is C18H21BrN2O6S. The van der Waals surface area contributed by atoms with Crippen LogP contribution >= 0.6 is 15.9 Å². The summed E-state index contributed by atoms with van der Waals surface area (Å²) >= 11 is 3.25. The molecule has 1 amide bonds. The molecule has 0 aliphatic carbocycles. The van der Waals surface area contributed by atoms with Gasteiger partial charge in [0.15, 0.2) is 11.5 Å². The summed E-state index contributed by atoms with van der Waals surface area (Å²) in [5.74, 6) is 0.833. The summed E-state index contributed by atoms with van der Waals surface area (Å²) in [4.78, 5) is 12.3. The van der Waals surface area contributed by atoms with E-state index in [1.807, 2.05) is 0 Å². The number of hydrogen-bond donors (Lipinski definition) is 2. The fourth-order valence-corrected chi connectivity index (χ4v) is 3.67. The summed E-state index contributed by atoms with van der Waals surface area (Å²) < 4.78 is 43.3. The van der Waals surface area contributed by atoms with E-state index >= 15 is 0 Å². The minimum absolute atomic E-state index is 0.0470. The molecule has 0 heterocycles. The van der Waals surface area contributed by atoms with E-state index in [0.717, 1.165) is 4.47 Å². The maximum Gasteiger partial charge on any atom is 0.240 e. The van der Waals surface area contributed by atoms with E-state index in [-0.39, 0.29) is 23.8 Å². The molecule has 0 saturated carbocycles. The third-order valence-electron chi connectivity index (χ3n) is 3.72. The molecule has 8 nitrogen and oxygen atoms in total. The van der Waals surface area contributed by atoms with E-state index < -0.39 is 10.0 Å². The van der Waals surface area contributed by atoms with Crippen LogP contribution < -0.4 is 24.2 Å². The molecule has 0 spiro atoms. The zero-order chi connectivity index (χ0) is 20.7. The molecule has 0 bridgehead atoms. The monoisotopic (exact) mass is 472 g/mol. The lowest BCUT2D eigenvalue weighted by Crippen LogP contribution is -2.27. The van der Waals surface area contributed by atoms with Crippen LogP contribution in [0, 0.1) is 0 Å². The number of hydrogen-bond acceptors (Lipinski definition) is 6. The van der Waals surface area contributed by atoms with Crippen LogP contribution in [0.3, 0.4) is 0 Å². The predicted octanol–water partition coefficient (Wildman–Crippen LogP) is 2.78. The molecule has 2 aromatic carbocycles. The summed E-state index contributed by atoms with van der Waals surface area (Å²) in [5.41, 5.74) is 0.440. The van der Waals surface area contributed by atoms with Crippen molar-refractivity contribution in [3.05, 3.63) is 40.9 Å². The van der Waals surface area contributed by atoms with Crippen molar-refractivity contribution in [3.8, 4) is 17.2 Å². The van der Waals surface area contributed by atoms with Gasteiger partial charge in [-0.2, -0.15) is 0 Å². The lowest BCUT2D eigenvalue weighted by atomic mass is 10.2. The predicted molar refractivity (Wildman–Crippen MR) is 109 cm³/mol. The van der Waals surface area contributed by atoms with Crippen LogP contribution in [0.5, 0.6) is 17.2 Å².